The number of fused-ring (bicyclic) bond motifs is 10. The van der Waals surface area contributed by atoms with Crippen LogP contribution in [0, 0.1) is 0 Å². The molecule has 0 aliphatic carbocycles. The average molecular weight is 667 g/mol. The lowest BCUT2D eigenvalue weighted by Crippen LogP contribution is -1.95. The van der Waals surface area contributed by atoms with Crippen molar-refractivity contribution in [2.45, 2.75) is 0 Å². The van der Waals surface area contributed by atoms with Gasteiger partial charge in [-0.05, 0) is 82.9 Å². The third-order valence-corrected chi connectivity index (χ3v) is 11.6. The lowest BCUT2D eigenvalue weighted by atomic mass is 9.99. The van der Waals surface area contributed by atoms with Gasteiger partial charge in [0.1, 0.15) is 0 Å². The molecule has 0 N–H and O–H groups in total. The van der Waals surface area contributed by atoms with Crippen LogP contribution in [0.25, 0.3) is 97.4 Å². The highest BCUT2D eigenvalue weighted by Gasteiger charge is 2.21. The van der Waals surface area contributed by atoms with E-state index in [-0.39, 0.29) is 0 Å². The van der Waals surface area contributed by atoms with Crippen molar-refractivity contribution in [3.8, 4) is 33.6 Å². The molecule has 0 spiro atoms. The topological polar surface area (TPSA) is 9.86 Å². The summed E-state index contributed by atoms with van der Waals surface area (Å²) >= 11 is 1.87. The second-order valence-corrected chi connectivity index (χ2v) is 14.4. The highest BCUT2D eigenvalue weighted by Crippen LogP contribution is 2.44. The number of thiophene rings is 1. The molecule has 0 saturated heterocycles. The lowest BCUT2D eigenvalue weighted by molar-refractivity contribution is 1.17. The van der Waals surface area contributed by atoms with Crippen molar-refractivity contribution in [2.24, 2.45) is 0 Å². The van der Waals surface area contributed by atoms with Gasteiger partial charge >= 0.3 is 0 Å². The summed E-state index contributed by atoms with van der Waals surface area (Å²) in [5.74, 6) is 0. The number of hydrogen-bond acceptors (Lipinski definition) is 1. The summed E-state index contributed by atoms with van der Waals surface area (Å²) in [4.78, 5) is 0. The molecule has 8 aromatic carbocycles. The first-order chi connectivity index (χ1) is 25.3. The van der Waals surface area contributed by atoms with Crippen LogP contribution in [-0.4, -0.2) is 9.13 Å². The quantitative estimate of drug-likeness (QED) is 0.177. The molecule has 11 aromatic rings. The standard InChI is InChI=1S/C48H30N2S/c1-2-13-31(14-3-1)32-15-10-17-34(29-32)49-40-23-7-4-19-37(40)47-42(49)27-28-43-48(47)38-20-5-8-24-41(38)50(43)35-18-11-16-33(30-35)36-22-12-26-45-46(36)39-21-6-9-25-44(39)51-45/h1-30H. The second kappa shape index (κ2) is 11.0. The van der Waals surface area contributed by atoms with Crippen LogP contribution in [0.4, 0.5) is 0 Å². The summed E-state index contributed by atoms with van der Waals surface area (Å²) in [5.41, 5.74) is 12.1. The molecule has 0 saturated carbocycles. The summed E-state index contributed by atoms with van der Waals surface area (Å²) < 4.78 is 7.55. The first kappa shape index (κ1) is 28.4. The van der Waals surface area contributed by atoms with E-state index in [4.69, 9.17) is 0 Å². The Kier molecular flexibility index (Phi) is 6.16. The third-order valence-electron chi connectivity index (χ3n) is 10.5. The van der Waals surface area contributed by atoms with Crippen LogP contribution in [0.3, 0.4) is 0 Å². The number of benzene rings is 8. The van der Waals surface area contributed by atoms with Crippen LogP contribution < -0.4 is 0 Å². The fraction of sp³-hybridized carbons (Fsp3) is 0. The normalized spacial score (nSPS) is 11.9. The van der Waals surface area contributed by atoms with E-state index >= 15 is 0 Å². The number of rotatable bonds is 4. The molecule has 0 fully saturated rings. The minimum absolute atomic E-state index is 1.16. The highest BCUT2D eigenvalue weighted by molar-refractivity contribution is 7.25. The Balaban J connectivity index is 1.17. The minimum Gasteiger partial charge on any atom is -0.309 e. The molecule has 0 bridgehead atoms. The van der Waals surface area contributed by atoms with Crippen LogP contribution in [0.1, 0.15) is 0 Å². The van der Waals surface area contributed by atoms with E-state index in [1.54, 1.807) is 0 Å². The van der Waals surface area contributed by atoms with Gasteiger partial charge in [0.05, 0.1) is 22.1 Å². The molecule has 238 valence electrons. The molecular weight excluding hydrogens is 637 g/mol. The van der Waals surface area contributed by atoms with E-state index in [1.165, 1.54) is 86.0 Å². The van der Waals surface area contributed by atoms with Crippen molar-refractivity contribution >= 4 is 75.1 Å². The first-order valence-corrected chi connectivity index (χ1v) is 18.3. The summed E-state index contributed by atoms with van der Waals surface area (Å²) in [5, 5.41) is 7.75. The molecule has 0 unspecified atom stereocenters. The monoisotopic (exact) mass is 666 g/mol. The van der Waals surface area contributed by atoms with Gasteiger partial charge in [0.2, 0.25) is 0 Å². The van der Waals surface area contributed by atoms with Crippen LogP contribution in [-0.2, 0) is 0 Å². The van der Waals surface area contributed by atoms with E-state index in [2.05, 4.69) is 191 Å². The number of hydrogen-bond donors (Lipinski definition) is 0. The number of aromatic nitrogens is 2. The van der Waals surface area contributed by atoms with Crippen molar-refractivity contribution in [3.63, 3.8) is 0 Å². The number of nitrogens with zero attached hydrogens (tertiary/aromatic N) is 2. The van der Waals surface area contributed by atoms with Crippen LogP contribution in [0.15, 0.2) is 182 Å². The average Bonchev–Trinajstić information content (AvgIpc) is 3.86. The molecule has 0 aliphatic heterocycles. The molecule has 0 atom stereocenters. The van der Waals surface area contributed by atoms with Crippen molar-refractivity contribution in [2.75, 3.05) is 0 Å². The molecule has 3 heterocycles. The Hall–Kier alpha value is -6.42. The summed E-state index contributed by atoms with van der Waals surface area (Å²) in [6.07, 6.45) is 0. The Morgan fingerprint density at radius 2 is 0.824 bits per heavy atom. The zero-order valence-corrected chi connectivity index (χ0v) is 28.4. The van der Waals surface area contributed by atoms with Crippen LogP contribution >= 0.6 is 11.3 Å². The lowest BCUT2D eigenvalue weighted by Gasteiger charge is -2.12. The molecule has 3 aromatic heterocycles. The van der Waals surface area contributed by atoms with Crippen molar-refractivity contribution < 1.29 is 0 Å². The Morgan fingerprint density at radius 3 is 1.51 bits per heavy atom. The largest absolute Gasteiger partial charge is 0.309 e. The van der Waals surface area contributed by atoms with Gasteiger partial charge in [-0.3, -0.25) is 0 Å². The Bertz CT molecular complexity index is 3140. The predicted molar refractivity (Wildman–Crippen MR) is 219 cm³/mol. The molecule has 2 nitrogen and oxygen atoms in total. The van der Waals surface area contributed by atoms with Gasteiger partial charge in [-0.15, -0.1) is 11.3 Å². The Labute approximate surface area is 298 Å². The van der Waals surface area contributed by atoms with Crippen LogP contribution in [0.2, 0.25) is 0 Å². The maximum atomic E-state index is 2.46. The van der Waals surface area contributed by atoms with Gasteiger partial charge in [-0.1, -0.05) is 121 Å². The highest BCUT2D eigenvalue weighted by atomic mass is 32.1. The molecule has 0 radical (unpaired) electrons. The van der Waals surface area contributed by atoms with E-state index in [9.17, 15) is 0 Å². The molecule has 3 heteroatoms. The summed E-state index contributed by atoms with van der Waals surface area (Å²) in [6.45, 7) is 0. The van der Waals surface area contributed by atoms with Crippen LogP contribution in [0.5, 0.6) is 0 Å². The fourth-order valence-electron chi connectivity index (χ4n) is 8.36. The van der Waals surface area contributed by atoms with Crippen molar-refractivity contribution in [1.82, 2.24) is 9.13 Å². The minimum atomic E-state index is 1.16. The Morgan fingerprint density at radius 1 is 0.314 bits per heavy atom. The maximum absolute atomic E-state index is 2.46. The number of para-hydroxylation sites is 2. The SMILES string of the molecule is c1ccc(-c2cccc(-n3c4ccccc4c4c5c6ccccc6n(-c6cccc(-c7cccc8sc9ccccc9c78)c6)c5ccc43)c2)cc1. The molecule has 0 aliphatic rings. The van der Waals surface area contributed by atoms with Gasteiger partial charge in [0.15, 0.2) is 0 Å². The van der Waals surface area contributed by atoms with E-state index in [0.717, 1.165) is 11.4 Å². The van der Waals surface area contributed by atoms with E-state index in [1.807, 2.05) is 11.3 Å². The van der Waals surface area contributed by atoms with Gasteiger partial charge in [0, 0.05) is 53.1 Å². The van der Waals surface area contributed by atoms with Gasteiger partial charge < -0.3 is 9.13 Å². The van der Waals surface area contributed by atoms with Gasteiger partial charge in [-0.2, -0.15) is 0 Å². The van der Waals surface area contributed by atoms with E-state index < -0.39 is 0 Å². The fourth-order valence-corrected chi connectivity index (χ4v) is 9.49. The molecule has 0 amide bonds. The first-order valence-electron chi connectivity index (χ1n) is 17.4. The zero-order chi connectivity index (χ0) is 33.5. The van der Waals surface area contributed by atoms with Crippen molar-refractivity contribution in [3.05, 3.63) is 182 Å². The van der Waals surface area contributed by atoms with E-state index in [0.29, 0.717) is 0 Å². The molecule has 11 rings (SSSR count). The molecule has 51 heavy (non-hydrogen) atoms. The second-order valence-electron chi connectivity index (χ2n) is 13.3. The predicted octanol–water partition coefficient (Wildman–Crippen LogP) is 13.6. The van der Waals surface area contributed by atoms with Crippen molar-refractivity contribution in [1.29, 1.82) is 0 Å². The van der Waals surface area contributed by atoms with Gasteiger partial charge in [0.25, 0.3) is 0 Å². The maximum Gasteiger partial charge on any atom is 0.0548 e. The summed E-state index contributed by atoms with van der Waals surface area (Å²) in [7, 11) is 0. The zero-order valence-electron chi connectivity index (χ0n) is 27.6. The third kappa shape index (κ3) is 4.22. The smallest absolute Gasteiger partial charge is 0.0548 e. The molecular formula is C48H30N2S. The summed E-state index contributed by atoms with van der Waals surface area (Å²) in [6, 6.07) is 66.6. The van der Waals surface area contributed by atoms with Gasteiger partial charge in [-0.25, -0.2) is 0 Å².